The molecule has 0 aromatic rings. The molecule has 0 unspecified atom stereocenters. The number of amidine groups is 1. The van der Waals surface area contributed by atoms with Crippen LogP contribution in [0.4, 0.5) is 0 Å². The maximum atomic E-state index is 5.52. The molecule has 0 spiro atoms. The summed E-state index contributed by atoms with van der Waals surface area (Å²) in [5.74, 6) is 6.61. The molecule has 2 aliphatic rings. The van der Waals surface area contributed by atoms with E-state index < -0.39 is 0 Å². The van der Waals surface area contributed by atoms with Gasteiger partial charge in [0.05, 0.1) is 0 Å². The van der Waals surface area contributed by atoms with Crippen molar-refractivity contribution in [3.05, 3.63) is 12.3 Å². The first-order valence-electron chi connectivity index (χ1n) is 4.35. The maximum Gasteiger partial charge on any atom is 0.127 e. The second kappa shape index (κ2) is 3.15. The quantitative estimate of drug-likeness (QED) is 0.521. The summed E-state index contributed by atoms with van der Waals surface area (Å²) in [5, 5.41) is 1.58. The van der Waals surface area contributed by atoms with Gasteiger partial charge in [0, 0.05) is 19.3 Å². The third kappa shape index (κ3) is 1.43. The molecule has 2 N–H and O–H groups in total. The summed E-state index contributed by atoms with van der Waals surface area (Å²) in [6, 6.07) is 0. The van der Waals surface area contributed by atoms with Gasteiger partial charge in [-0.2, -0.15) is 0 Å². The van der Waals surface area contributed by atoms with Crippen LogP contribution in [0.5, 0.6) is 0 Å². The molecule has 0 aromatic heterocycles. The summed E-state index contributed by atoms with van der Waals surface area (Å²) in [7, 11) is 0. The van der Waals surface area contributed by atoms with Gasteiger partial charge in [0.1, 0.15) is 12.5 Å². The summed E-state index contributed by atoms with van der Waals surface area (Å²) in [6.07, 6.45) is 6.44. The van der Waals surface area contributed by atoms with E-state index in [0.29, 0.717) is 6.67 Å². The fourth-order valence-corrected chi connectivity index (χ4v) is 1.57. The highest BCUT2D eigenvalue weighted by Crippen LogP contribution is 2.10. The highest BCUT2D eigenvalue weighted by atomic mass is 15.4. The van der Waals surface area contributed by atoms with Crippen LogP contribution >= 0.6 is 0 Å². The molecule has 0 atom stereocenters. The molecule has 0 aromatic carbocycles. The van der Waals surface area contributed by atoms with Crippen molar-refractivity contribution >= 4 is 5.84 Å². The number of hydrazine groups is 1. The lowest BCUT2D eigenvalue weighted by molar-refractivity contribution is 0.394. The Morgan fingerprint density at radius 3 is 2.67 bits per heavy atom. The van der Waals surface area contributed by atoms with Crippen LogP contribution in [-0.4, -0.2) is 35.5 Å². The fourth-order valence-electron chi connectivity index (χ4n) is 1.57. The summed E-state index contributed by atoms with van der Waals surface area (Å²) in [4.78, 5) is 6.66. The standard InChI is InChI=1S/C8H14N4/c9-12-6-3-8(10-7-12)11-4-1-2-5-11/h3,6H,1-2,4-5,7,9H2. The number of hydrogen-bond donors (Lipinski definition) is 1. The lowest BCUT2D eigenvalue weighted by Gasteiger charge is -2.22. The highest BCUT2D eigenvalue weighted by molar-refractivity contribution is 5.93. The molecular formula is C8H14N4. The largest absolute Gasteiger partial charge is 0.357 e. The lowest BCUT2D eigenvalue weighted by atomic mass is 10.4. The Morgan fingerprint density at radius 2 is 2.08 bits per heavy atom. The summed E-state index contributed by atoms with van der Waals surface area (Å²) >= 11 is 0. The fraction of sp³-hybridized carbons (Fsp3) is 0.625. The van der Waals surface area contributed by atoms with Crippen LogP contribution in [0.2, 0.25) is 0 Å². The minimum atomic E-state index is 0.586. The Labute approximate surface area is 72.3 Å². The van der Waals surface area contributed by atoms with Gasteiger partial charge in [-0.3, -0.25) is 5.01 Å². The highest BCUT2D eigenvalue weighted by Gasteiger charge is 2.15. The van der Waals surface area contributed by atoms with Crippen LogP contribution in [0.3, 0.4) is 0 Å². The van der Waals surface area contributed by atoms with Gasteiger partial charge in [0.15, 0.2) is 0 Å². The third-order valence-corrected chi connectivity index (χ3v) is 2.24. The number of nitrogens with zero attached hydrogens (tertiary/aromatic N) is 3. The zero-order chi connectivity index (χ0) is 8.39. The normalized spacial score (nSPS) is 23.2. The monoisotopic (exact) mass is 166 g/mol. The van der Waals surface area contributed by atoms with Crippen molar-refractivity contribution in [3.63, 3.8) is 0 Å². The van der Waals surface area contributed by atoms with Crippen molar-refractivity contribution in [1.29, 1.82) is 0 Å². The first-order valence-corrected chi connectivity index (χ1v) is 4.35. The van der Waals surface area contributed by atoms with E-state index in [9.17, 15) is 0 Å². The zero-order valence-corrected chi connectivity index (χ0v) is 7.11. The Balaban J connectivity index is 2.00. The molecule has 1 saturated heterocycles. The average molecular weight is 166 g/mol. The number of rotatable bonds is 0. The van der Waals surface area contributed by atoms with Crippen molar-refractivity contribution in [2.24, 2.45) is 10.8 Å². The second-order valence-electron chi connectivity index (χ2n) is 3.18. The average Bonchev–Trinajstić information content (AvgIpc) is 2.58. The molecular weight excluding hydrogens is 152 g/mol. The van der Waals surface area contributed by atoms with Crippen molar-refractivity contribution < 1.29 is 0 Å². The van der Waals surface area contributed by atoms with Crippen LogP contribution in [0, 0.1) is 0 Å². The predicted octanol–water partition coefficient (Wildman–Crippen LogP) is 0.141. The molecule has 0 amide bonds. The molecule has 4 heteroatoms. The van der Waals surface area contributed by atoms with Crippen LogP contribution < -0.4 is 5.84 Å². The van der Waals surface area contributed by atoms with Crippen molar-refractivity contribution in [1.82, 2.24) is 9.91 Å². The van der Waals surface area contributed by atoms with E-state index in [4.69, 9.17) is 5.84 Å². The maximum absolute atomic E-state index is 5.52. The van der Waals surface area contributed by atoms with E-state index in [1.54, 1.807) is 5.01 Å². The molecule has 12 heavy (non-hydrogen) atoms. The first-order chi connectivity index (χ1) is 5.86. The van der Waals surface area contributed by atoms with Gasteiger partial charge in [-0.25, -0.2) is 10.8 Å². The molecule has 2 aliphatic heterocycles. The van der Waals surface area contributed by atoms with Crippen molar-refractivity contribution in [2.75, 3.05) is 19.8 Å². The van der Waals surface area contributed by atoms with Crippen LogP contribution in [0.25, 0.3) is 0 Å². The van der Waals surface area contributed by atoms with E-state index in [-0.39, 0.29) is 0 Å². The summed E-state index contributed by atoms with van der Waals surface area (Å²) < 4.78 is 0. The Kier molecular flexibility index (Phi) is 1.99. The van der Waals surface area contributed by atoms with Gasteiger partial charge in [-0.15, -0.1) is 0 Å². The summed E-state index contributed by atoms with van der Waals surface area (Å²) in [6.45, 7) is 2.88. The summed E-state index contributed by atoms with van der Waals surface area (Å²) in [5.41, 5.74) is 0. The van der Waals surface area contributed by atoms with Crippen molar-refractivity contribution in [3.8, 4) is 0 Å². The lowest BCUT2D eigenvalue weighted by Crippen LogP contribution is -2.34. The van der Waals surface area contributed by atoms with Gasteiger partial charge in [0.25, 0.3) is 0 Å². The molecule has 2 rings (SSSR count). The van der Waals surface area contributed by atoms with Crippen molar-refractivity contribution in [2.45, 2.75) is 12.8 Å². The SMILES string of the molecule is NN1C=CC(N2CCCC2)=NC1. The molecule has 0 bridgehead atoms. The molecule has 0 aliphatic carbocycles. The minimum Gasteiger partial charge on any atom is -0.357 e. The van der Waals surface area contributed by atoms with E-state index in [1.807, 2.05) is 12.3 Å². The third-order valence-electron chi connectivity index (χ3n) is 2.24. The molecule has 0 radical (unpaired) electrons. The van der Waals surface area contributed by atoms with Gasteiger partial charge < -0.3 is 4.90 Å². The number of likely N-dealkylation sites (tertiary alicyclic amines) is 1. The molecule has 0 saturated carbocycles. The zero-order valence-electron chi connectivity index (χ0n) is 7.11. The molecule has 2 heterocycles. The Hall–Kier alpha value is -1.03. The van der Waals surface area contributed by atoms with E-state index >= 15 is 0 Å². The minimum absolute atomic E-state index is 0.586. The van der Waals surface area contributed by atoms with E-state index in [0.717, 1.165) is 18.9 Å². The number of hydrogen-bond acceptors (Lipinski definition) is 4. The van der Waals surface area contributed by atoms with Crippen LogP contribution in [0.15, 0.2) is 17.3 Å². The molecule has 66 valence electrons. The smallest absolute Gasteiger partial charge is 0.127 e. The van der Waals surface area contributed by atoms with Gasteiger partial charge >= 0.3 is 0 Å². The van der Waals surface area contributed by atoms with E-state index in [2.05, 4.69) is 9.89 Å². The molecule has 1 fully saturated rings. The topological polar surface area (TPSA) is 44.9 Å². The Morgan fingerprint density at radius 1 is 1.33 bits per heavy atom. The van der Waals surface area contributed by atoms with E-state index in [1.165, 1.54) is 12.8 Å². The van der Waals surface area contributed by atoms with Gasteiger partial charge in [0.2, 0.25) is 0 Å². The number of aliphatic imine (C=N–C) groups is 1. The molecule has 4 nitrogen and oxygen atoms in total. The Bertz CT molecular complexity index is 215. The van der Waals surface area contributed by atoms with Crippen LogP contribution in [-0.2, 0) is 0 Å². The van der Waals surface area contributed by atoms with Gasteiger partial charge in [-0.1, -0.05) is 0 Å². The number of nitrogens with two attached hydrogens (primary N) is 1. The first kappa shape index (κ1) is 7.61. The predicted molar refractivity (Wildman–Crippen MR) is 48.3 cm³/mol. The van der Waals surface area contributed by atoms with Crippen LogP contribution in [0.1, 0.15) is 12.8 Å². The van der Waals surface area contributed by atoms with Gasteiger partial charge in [-0.05, 0) is 18.9 Å². The second-order valence-corrected chi connectivity index (χ2v) is 3.18.